The molecule has 1 aromatic heterocycles. The third-order valence-electron chi connectivity index (χ3n) is 6.82. The van der Waals surface area contributed by atoms with Crippen molar-refractivity contribution in [2.24, 2.45) is 0 Å². The maximum atomic E-state index is 12.8. The van der Waals surface area contributed by atoms with Gasteiger partial charge in [-0.15, -0.1) is 0 Å². The second kappa shape index (κ2) is 6.56. The minimum atomic E-state index is 0.307. The molecule has 1 N–H and O–H groups in total. The number of aromatic amines is 1. The van der Waals surface area contributed by atoms with E-state index in [1.807, 2.05) is 6.07 Å². The highest BCUT2D eigenvalue weighted by Crippen LogP contribution is 2.46. The summed E-state index contributed by atoms with van der Waals surface area (Å²) in [4.78, 5) is 18.2. The van der Waals surface area contributed by atoms with Gasteiger partial charge in [0.25, 0.3) is 0 Å². The van der Waals surface area contributed by atoms with Gasteiger partial charge in [0, 0.05) is 36.6 Å². The van der Waals surface area contributed by atoms with Crippen LogP contribution in [-0.4, -0.2) is 28.9 Å². The number of amides is 1. The third kappa shape index (κ3) is 2.86. The molecule has 1 amide bonds. The van der Waals surface area contributed by atoms with Gasteiger partial charge in [-0.3, -0.25) is 4.79 Å². The topological polar surface area (TPSA) is 36.1 Å². The van der Waals surface area contributed by atoms with E-state index in [9.17, 15) is 4.79 Å². The van der Waals surface area contributed by atoms with Gasteiger partial charge >= 0.3 is 0 Å². The second-order valence-electron chi connectivity index (χ2n) is 8.18. The molecule has 1 saturated heterocycles. The van der Waals surface area contributed by atoms with E-state index in [-0.39, 0.29) is 0 Å². The Morgan fingerprint density at radius 2 is 1.78 bits per heavy atom. The largest absolute Gasteiger partial charge is 0.361 e. The lowest BCUT2D eigenvalue weighted by molar-refractivity contribution is -0.132. The number of H-pyrrole nitrogens is 1. The molecule has 3 heteroatoms. The molecule has 2 aromatic carbocycles. The van der Waals surface area contributed by atoms with Crippen molar-refractivity contribution < 1.29 is 4.79 Å². The Bertz CT molecular complexity index is 979. The first-order valence-corrected chi connectivity index (χ1v) is 10.2. The van der Waals surface area contributed by atoms with Gasteiger partial charge in [0.15, 0.2) is 0 Å². The number of carbonyl (C=O) groups excluding carboxylic acids is 1. The molecule has 3 aromatic rings. The number of piperidine rings is 1. The summed E-state index contributed by atoms with van der Waals surface area (Å²) in [6, 6.07) is 17.2. The van der Waals surface area contributed by atoms with Crippen molar-refractivity contribution in [3.63, 3.8) is 0 Å². The highest BCUT2D eigenvalue weighted by atomic mass is 16.2. The van der Waals surface area contributed by atoms with Gasteiger partial charge < -0.3 is 9.88 Å². The van der Waals surface area contributed by atoms with Gasteiger partial charge in [-0.25, -0.2) is 0 Å². The first-order chi connectivity index (χ1) is 13.3. The molecule has 1 aliphatic carbocycles. The quantitative estimate of drug-likeness (QED) is 0.729. The van der Waals surface area contributed by atoms with E-state index in [2.05, 4.69) is 58.5 Å². The van der Waals surface area contributed by atoms with E-state index in [0.29, 0.717) is 17.7 Å². The van der Waals surface area contributed by atoms with Crippen molar-refractivity contribution in [1.82, 2.24) is 9.88 Å². The number of rotatable bonds is 3. The smallest absolute Gasteiger partial charge is 0.222 e. The fourth-order valence-corrected chi connectivity index (χ4v) is 5.21. The van der Waals surface area contributed by atoms with Gasteiger partial charge in [0.1, 0.15) is 0 Å². The lowest BCUT2D eigenvalue weighted by atomic mass is 9.74. The average Bonchev–Trinajstić information content (AvgIpc) is 3.29. The summed E-state index contributed by atoms with van der Waals surface area (Å²) in [6.45, 7) is 1.81. The maximum Gasteiger partial charge on any atom is 0.222 e. The van der Waals surface area contributed by atoms with Crippen molar-refractivity contribution in [2.45, 2.75) is 43.9 Å². The van der Waals surface area contributed by atoms with Crippen molar-refractivity contribution in [1.29, 1.82) is 0 Å². The Morgan fingerprint density at radius 3 is 2.67 bits per heavy atom. The lowest BCUT2D eigenvalue weighted by Crippen LogP contribution is -2.44. The molecule has 0 radical (unpaired) electrons. The molecule has 1 spiro atoms. The van der Waals surface area contributed by atoms with E-state index >= 15 is 0 Å². The molecule has 1 aliphatic heterocycles. The molecule has 0 atom stereocenters. The van der Waals surface area contributed by atoms with E-state index in [0.717, 1.165) is 37.9 Å². The zero-order valence-electron chi connectivity index (χ0n) is 15.7. The third-order valence-corrected chi connectivity index (χ3v) is 6.82. The molecular weight excluding hydrogens is 332 g/mol. The molecule has 27 heavy (non-hydrogen) atoms. The number of benzene rings is 2. The first-order valence-electron chi connectivity index (χ1n) is 10.2. The summed E-state index contributed by atoms with van der Waals surface area (Å²) in [5.74, 6) is 0.307. The van der Waals surface area contributed by atoms with Crippen molar-refractivity contribution >= 4 is 16.8 Å². The molecular formula is C24H26N2O. The molecule has 0 saturated carbocycles. The predicted octanol–water partition coefficient (Wildman–Crippen LogP) is 4.61. The Hall–Kier alpha value is -2.55. The van der Waals surface area contributed by atoms with Crippen LogP contribution in [0, 0.1) is 0 Å². The summed E-state index contributed by atoms with van der Waals surface area (Å²) < 4.78 is 0. The number of para-hydroxylation sites is 1. The Morgan fingerprint density at radius 1 is 1.00 bits per heavy atom. The molecule has 3 nitrogen and oxygen atoms in total. The number of carbonyl (C=O) groups is 1. The van der Waals surface area contributed by atoms with Crippen LogP contribution < -0.4 is 0 Å². The summed E-state index contributed by atoms with van der Waals surface area (Å²) in [7, 11) is 0. The minimum Gasteiger partial charge on any atom is -0.361 e. The van der Waals surface area contributed by atoms with Crippen molar-refractivity contribution in [2.75, 3.05) is 13.1 Å². The molecule has 2 aliphatic rings. The number of nitrogens with one attached hydrogen (secondary N) is 1. The van der Waals surface area contributed by atoms with Gasteiger partial charge in [-0.2, -0.15) is 0 Å². The fraction of sp³-hybridized carbons (Fsp3) is 0.375. The molecule has 138 valence electrons. The Kier molecular flexibility index (Phi) is 4.04. The van der Waals surface area contributed by atoms with E-state index in [1.165, 1.54) is 29.4 Å². The van der Waals surface area contributed by atoms with Gasteiger partial charge in [0.05, 0.1) is 0 Å². The Labute approximate surface area is 160 Å². The minimum absolute atomic E-state index is 0.307. The van der Waals surface area contributed by atoms with E-state index < -0.39 is 0 Å². The van der Waals surface area contributed by atoms with Gasteiger partial charge in [-0.1, -0.05) is 42.5 Å². The normalized spacial score (nSPS) is 18.1. The van der Waals surface area contributed by atoms with Crippen LogP contribution in [0.5, 0.6) is 0 Å². The van der Waals surface area contributed by atoms with Crippen LogP contribution in [0.4, 0.5) is 0 Å². The first kappa shape index (κ1) is 16.6. The second-order valence-corrected chi connectivity index (χ2v) is 8.18. The lowest BCUT2D eigenvalue weighted by Gasteiger charge is -2.40. The molecule has 0 bridgehead atoms. The number of fused-ring (bicyclic) bond motifs is 3. The summed E-state index contributed by atoms with van der Waals surface area (Å²) in [6.07, 6.45) is 8.15. The van der Waals surface area contributed by atoms with Crippen molar-refractivity contribution in [3.05, 3.63) is 71.4 Å². The average molecular weight is 358 g/mol. The van der Waals surface area contributed by atoms with Crippen LogP contribution >= 0.6 is 0 Å². The highest BCUT2D eigenvalue weighted by molar-refractivity contribution is 5.84. The van der Waals surface area contributed by atoms with Gasteiger partial charge in [0.2, 0.25) is 5.91 Å². The van der Waals surface area contributed by atoms with Crippen LogP contribution in [0.25, 0.3) is 10.9 Å². The SMILES string of the molecule is O=C(CCc1c[nH]c2ccccc12)N1CCC2(CCc3ccccc32)CC1. The predicted molar refractivity (Wildman–Crippen MR) is 109 cm³/mol. The summed E-state index contributed by atoms with van der Waals surface area (Å²) >= 11 is 0. The van der Waals surface area contributed by atoms with E-state index in [4.69, 9.17) is 0 Å². The fourth-order valence-electron chi connectivity index (χ4n) is 5.21. The van der Waals surface area contributed by atoms with Crippen LogP contribution in [0.2, 0.25) is 0 Å². The molecule has 1 fully saturated rings. The molecule has 2 heterocycles. The summed E-state index contributed by atoms with van der Waals surface area (Å²) in [5, 5.41) is 1.24. The monoisotopic (exact) mass is 358 g/mol. The van der Waals surface area contributed by atoms with Crippen LogP contribution in [0.15, 0.2) is 54.7 Å². The zero-order chi connectivity index (χ0) is 18.3. The number of aryl methyl sites for hydroxylation is 2. The number of aromatic nitrogens is 1. The number of hydrogen-bond acceptors (Lipinski definition) is 1. The van der Waals surface area contributed by atoms with Crippen LogP contribution in [0.1, 0.15) is 42.4 Å². The number of hydrogen-bond donors (Lipinski definition) is 1. The number of nitrogens with zero attached hydrogens (tertiary/aromatic N) is 1. The van der Waals surface area contributed by atoms with Gasteiger partial charge in [-0.05, 0) is 60.3 Å². The standard InChI is InChI=1S/C24H26N2O/c27-23(10-9-19-17-25-22-8-4-2-6-20(19)22)26-15-13-24(14-16-26)12-11-18-5-1-3-7-21(18)24/h1-8,17,25H,9-16H2. The maximum absolute atomic E-state index is 12.8. The van der Waals surface area contributed by atoms with Crippen molar-refractivity contribution in [3.8, 4) is 0 Å². The van der Waals surface area contributed by atoms with Crippen LogP contribution in [-0.2, 0) is 23.1 Å². The highest BCUT2D eigenvalue weighted by Gasteiger charge is 2.41. The molecule has 5 rings (SSSR count). The Balaban J connectivity index is 1.22. The van der Waals surface area contributed by atoms with Crippen LogP contribution in [0.3, 0.4) is 0 Å². The molecule has 0 unspecified atom stereocenters. The zero-order valence-corrected chi connectivity index (χ0v) is 15.7. The van der Waals surface area contributed by atoms with E-state index in [1.54, 1.807) is 5.56 Å². The summed E-state index contributed by atoms with van der Waals surface area (Å²) in [5.41, 5.74) is 5.80. The number of likely N-dealkylation sites (tertiary alicyclic amines) is 1.